The summed E-state index contributed by atoms with van der Waals surface area (Å²) in [5.41, 5.74) is 3.74. The Balaban J connectivity index is 1.76. The van der Waals surface area contributed by atoms with Crippen LogP contribution in [0.5, 0.6) is 5.75 Å². The van der Waals surface area contributed by atoms with E-state index < -0.39 is 21.9 Å². The van der Waals surface area contributed by atoms with Crippen molar-refractivity contribution < 1.29 is 27.9 Å². The van der Waals surface area contributed by atoms with Crippen molar-refractivity contribution in [3.63, 3.8) is 0 Å². The number of carboxylic acids is 1. The lowest BCUT2D eigenvalue weighted by atomic mass is 9.90. The Morgan fingerprint density at radius 1 is 1.10 bits per heavy atom. The number of carboxylic acid groups (broad SMARTS) is 1. The molecule has 4 rings (SSSR count). The van der Waals surface area contributed by atoms with E-state index in [1.807, 2.05) is 49.6 Å². The number of aryl methyl sites for hydroxylation is 1. The Morgan fingerprint density at radius 3 is 2.51 bits per heavy atom. The smallest absolute Gasteiger partial charge is 0.304 e. The van der Waals surface area contributed by atoms with Crippen molar-refractivity contribution >= 4 is 21.8 Å². The lowest BCUT2D eigenvalue weighted by Crippen LogP contribution is -2.36. The second-order valence-electron chi connectivity index (χ2n) is 10.1. The summed E-state index contributed by atoms with van der Waals surface area (Å²) in [7, 11) is -3.83. The fourth-order valence-electron chi connectivity index (χ4n) is 5.35. The summed E-state index contributed by atoms with van der Waals surface area (Å²) in [4.78, 5) is 24.3. The van der Waals surface area contributed by atoms with E-state index in [9.17, 15) is 23.1 Å². The number of carbonyl (C=O) groups excluding carboxylic acids is 1. The molecular formula is C30H36N2O6S. The van der Waals surface area contributed by atoms with E-state index in [1.165, 1.54) is 11.2 Å². The van der Waals surface area contributed by atoms with Crippen molar-refractivity contribution in [3.05, 3.63) is 82.7 Å². The third kappa shape index (κ3) is 5.94. The first-order chi connectivity index (χ1) is 18.6. The number of sulfonamides is 1. The van der Waals surface area contributed by atoms with Gasteiger partial charge in [-0.3, -0.25) is 9.59 Å². The molecule has 9 heteroatoms. The number of rotatable bonds is 10. The highest BCUT2D eigenvalue weighted by molar-refractivity contribution is 7.89. The minimum atomic E-state index is -3.83. The molecule has 2 heterocycles. The molecule has 1 unspecified atom stereocenters. The third-order valence-corrected chi connectivity index (χ3v) is 9.18. The van der Waals surface area contributed by atoms with Crippen molar-refractivity contribution in [3.8, 4) is 5.75 Å². The average molecular weight is 553 g/mol. The molecule has 0 amide bonds. The Kier molecular flexibility index (Phi) is 8.61. The van der Waals surface area contributed by atoms with E-state index in [0.717, 1.165) is 28.8 Å². The van der Waals surface area contributed by atoms with Crippen molar-refractivity contribution in [1.82, 2.24) is 8.87 Å². The van der Waals surface area contributed by atoms with Crippen molar-refractivity contribution in [2.75, 3.05) is 6.54 Å². The zero-order chi connectivity index (χ0) is 28.3. The quantitative estimate of drug-likeness (QED) is 0.339. The minimum absolute atomic E-state index is 0.0859. The standard InChI is InChI=1S/C30H36N2O6S/c1-5-9-24-19-31(39(36,37)29-11-8-7-10-28(29)38-24)18-23-16-22(13-12-20(23)3)25(17-30(34)35)27-15-14-26(21(4)33)32(27)6-2/h7-8,10-16,24-25H,5-6,9,17-19H2,1-4H3,(H,34,35)/t24-,25?/m1/s1. The maximum atomic E-state index is 13.8. The van der Waals surface area contributed by atoms with E-state index in [1.54, 1.807) is 30.3 Å². The first-order valence-electron chi connectivity index (χ1n) is 13.3. The van der Waals surface area contributed by atoms with Crippen LogP contribution in [0.1, 0.15) is 78.8 Å². The van der Waals surface area contributed by atoms with Crippen LogP contribution in [0.3, 0.4) is 0 Å². The van der Waals surface area contributed by atoms with Crippen LogP contribution in [0.15, 0.2) is 59.5 Å². The van der Waals surface area contributed by atoms with Gasteiger partial charge >= 0.3 is 5.97 Å². The van der Waals surface area contributed by atoms with Crippen LogP contribution in [0.4, 0.5) is 0 Å². The monoisotopic (exact) mass is 552 g/mol. The molecule has 3 aromatic rings. The van der Waals surface area contributed by atoms with Gasteiger partial charge in [-0.15, -0.1) is 0 Å². The SMILES string of the molecule is CCC[C@@H]1CN(Cc2cc(C(CC(=O)O)c3ccc(C(C)=O)n3CC)ccc2C)S(=O)(=O)c2ccccc2O1. The van der Waals surface area contributed by atoms with Crippen LogP contribution in [-0.4, -0.2) is 46.8 Å². The Morgan fingerprint density at radius 2 is 1.85 bits per heavy atom. The predicted octanol–water partition coefficient (Wildman–Crippen LogP) is 5.38. The summed E-state index contributed by atoms with van der Waals surface area (Å²) in [5.74, 6) is -1.18. The Bertz CT molecular complexity index is 1480. The molecule has 1 aliphatic heterocycles. The van der Waals surface area contributed by atoms with E-state index in [0.29, 0.717) is 24.4 Å². The first kappa shape index (κ1) is 28.6. The number of para-hydroxylation sites is 1. The second kappa shape index (κ2) is 11.8. The molecule has 1 aliphatic rings. The minimum Gasteiger partial charge on any atom is -0.488 e. The first-order valence-corrected chi connectivity index (χ1v) is 14.8. The van der Waals surface area contributed by atoms with Gasteiger partial charge in [-0.1, -0.05) is 43.7 Å². The van der Waals surface area contributed by atoms with E-state index in [2.05, 4.69) is 0 Å². The average Bonchev–Trinajstić information content (AvgIpc) is 3.28. The van der Waals surface area contributed by atoms with E-state index >= 15 is 0 Å². The van der Waals surface area contributed by atoms with Gasteiger partial charge in [0.25, 0.3) is 0 Å². The fourth-order valence-corrected chi connectivity index (χ4v) is 6.92. The molecule has 2 atom stereocenters. The molecule has 0 bridgehead atoms. The van der Waals surface area contributed by atoms with Crippen molar-refractivity contribution in [2.45, 2.75) is 77.0 Å². The molecule has 0 saturated heterocycles. The maximum Gasteiger partial charge on any atom is 0.304 e. The highest BCUT2D eigenvalue weighted by atomic mass is 32.2. The highest BCUT2D eigenvalue weighted by Crippen LogP contribution is 2.35. The molecule has 0 saturated carbocycles. The van der Waals surface area contributed by atoms with Crippen molar-refractivity contribution in [2.24, 2.45) is 0 Å². The number of carbonyl (C=O) groups is 2. The molecule has 2 aromatic carbocycles. The van der Waals surface area contributed by atoms with E-state index in [4.69, 9.17) is 4.74 Å². The number of nitrogens with zero attached hydrogens (tertiary/aromatic N) is 2. The number of hydrogen-bond acceptors (Lipinski definition) is 5. The highest BCUT2D eigenvalue weighted by Gasteiger charge is 2.35. The van der Waals surface area contributed by atoms with Gasteiger partial charge < -0.3 is 14.4 Å². The van der Waals surface area contributed by atoms with Gasteiger partial charge in [-0.2, -0.15) is 4.31 Å². The summed E-state index contributed by atoms with van der Waals surface area (Å²) in [6.45, 7) is 8.25. The van der Waals surface area contributed by atoms with Crippen LogP contribution in [0, 0.1) is 6.92 Å². The summed E-state index contributed by atoms with van der Waals surface area (Å²) in [6.07, 6.45) is 1.12. The second-order valence-corrected chi connectivity index (χ2v) is 12.0. The van der Waals surface area contributed by atoms with Crippen LogP contribution in [0.25, 0.3) is 0 Å². The molecule has 0 fully saturated rings. The molecule has 0 spiro atoms. The summed E-state index contributed by atoms with van der Waals surface area (Å²) in [6, 6.07) is 16.0. The maximum absolute atomic E-state index is 13.8. The zero-order valence-corrected chi connectivity index (χ0v) is 23.7. The number of Topliss-reactive ketones (excluding diaryl/α,β-unsaturated/α-hetero) is 1. The van der Waals surface area contributed by atoms with E-state index in [-0.39, 0.29) is 36.3 Å². The van der Waals surface area contributed by atoms with Crippen LogP contribution < -0.4 is 4.74 Å². The molecule has 0 radical (unpaired) electrons. The van der Waals surface area contributed by atoms with Crippen LogP contribution in [-0.2, 0) is 27.9 Å². The zero-order valence-electron chi connectivity index (χ0n) is 22.9. The lowest BCUT2D eigenvalue weighted by Gasteiger charge is -2.25. The van der Waals surface area contributed by atoms with Gasteiger partial charge in [0, 0.05) is 31.6 Å². The van der Waals surface area contributed by atoms with Crippen LogP contribution >= 0.6 is 0 Å². The Labute approximate surface area is 230 Å². The van der Waals surface area contributed by atoms with Gasteiger partial charge in [0.1, 0.15) is 16.7 Å². The van der Waals surface area contributed by atoms with Gasteiger partial charge in [0.2, 0.25) is 10.0 Å². The normalized spacial score (nSPS) is 17.6. The van der Waals surface area contributed by atoms with Gasteiger partial charge in [0.05, 0.1) is 18.7 Å². The third-order valence-electron chi connectivity index (χ3n) is 7.33. The summed E-state index contributed by atoms with van der Waals surface area (Å²) >= 11 is 0. The van der Waals surface area contributed by atoms with Gasteiger partial charge in [-0.25, -0.2) is 8.42 Å². The lowest BCUT2D eigenvalue weighted by molar-refractivity contribution is -0.137. The fraction of sp³-hybridized carbons (Fsp3) is 0.400. The number of ketones is 1. The van der Waals surface area contributed by atoms with Crippen molar-refractivity contribution in [1.29, 1.82) is 0 Å². The summed E-state index contributed by atoms with van der Waals surface area (Å²) < 4.78 is 37.0. The van der Waals surface area contributed by atoms with Crippen LogP contribution in [0.2, 0.25) is 0 Å². The molecule has 0 aliphatic carbocycles. The summed E-state index contributed by atoms with van der Waals surface area (Å²) in [5, 5.41) is 9.77. The molecular weight excluding hydrogens is 516 g/mol. The Hall–Kier alpha value is -3.43. The van der Waals surface area contributed by atoms with Gasteiger partial charge in [-0.05, 0) is 61.2 Å². The number of benzene rings is 2. The number of fused-ring (bicyclic) bond motifs is 1. The molecule has 8 nitrogen and oxygen atoms in total. The predicted molar refractivity (Wildman–Crippen MR) is 149 cm³/mol. The number of hydrogen-bond donors (Lipinski definition) is 1. The molecule has 1 N–H and O–H groups in total. The number of ether oxygens (including phenoxy) is 1. The molecule has 208 valence electrons. The molecule has 1 aromatic heterocycles. The number of aliphatic carboxylic acids is 1. The van der Waals surface area contributed by atoms with Gasteiger partial charge in [0.15, 0.2) is 5.78 Å². The number of aromatic nitrogens is 1. The molecule has 39 heavy (non-hydrogen) atoms. The largest absolute Gasteiger partial charge is 0.488 e. The topological polar surface area (TPSA) is 106 Å².